The van der Waals surface area contributed by atoms with E-state index in [0.29, 0.717) is 10.6 Å². The van der Waals surface area contributed by atoms with Crippen LogP contribution in [0.2, 0.25) is 10.0 Å². The highest BCUT2D eigenvalue weighted by Gasteiger charge is 2.48. The second-order valence-corrected chi connectivity index (χ2v) is 34.4. The Bertz CT molecular complexity index is 7990. The first-order valence-electron chi connectivity index (χ1n) is 44.4. The lowest BCUT2D eigenvalue weighted by Crippen LogP contribution is -2.35. The van der Waals surface area contributed by atoms with Crippen LogP contribution in [0.4, 0.5) is 0 Å². The van der Waals surface area contributed by atoms with Gasteiger partial charge in [-0.3, -0.25) is 13.7 Å². The Kier molecular flexibility index (Phi) is 22.1. The van der Waals surface area contributed by atoms with Crippen molar-refractivity contribution in [1.82, 2.24) is 33.2 Å². The van der Waals surface area contributed by atoms with Crippen molar-refractivity contribution in [3.05, 3.63) is 568 Å². The first-order valence-corrected chi connectivity index (χ1v) is 45.1. The molecule has 3 aliphatic rings. The van der Waals surface area contributed by atoms with Gasteiger partial charge in [0.15, 0.2) is 0 Å². The quantitative estimate of drug-likeness (QED) is 0.124. The van der Waals surface area contributed by atoms with Crippen LogP contribution in [0.25, 0.3) is 123 Å². The molecule has 133 heavy (non-hydrogen) atoms. The van der Waals surface area contributed by atoms with Crippen molar-refractivity contribution in [2.75, 3.05) is 0 Å². The lowest BCUT2D eigenvalue weighted by atomic mass is 9.63. The van der Waals surface area contributed by atoms with Crippen LogP contribution in [0.1, 0.15) is 87.2 Å². The summed E-state index contributed by atoms with van der Waals surface area (Å²) in [6, 6.07) is 169. The molecule has 0 saturated heterocycles. The Balaban J connectivity index is 0.000000112. The van der Waals surface area contributed by atoms with E-state index in [1.54, 1.807) is 0 Å². The van der Waals surface area contributed by atoms with Gasteiger partial charge < -0.3 is 9.67 Å². The van der Waals surface area contributed by atoms with Crippen LogP contribution in [0.3, 0.4) is 0 Å². The van der Waals surface area contributed by atoms with Crippen LogP contribution in [0.15, 0.2) is 485 Å². The molecule has 638 valence electrons. The maximum Gasteiger partial charge on any atom is 0.145 e. The van der Waals surface area contributed by atoms with Gasteiger partial charge in [0.1, 0.15) is 23.1 Å². The molecule has 10 heteroatoms. The fourth-order valence-corrected chi connectivity index (χ4v) is 21.2. The summed E-state index contributed by atoms with van der Waals surface area (Å²) < 4.78 is 9.26. The number of aromatic nitrogens is 7. The van der Waals surface area contributed by atoms with Crippen LogP contribution in [0, 0.1) is 0 Å². The average molecular weight is 1750 g/mol. The summed E-state index contributed by atoms with van der Waals surface area (Å²) in [6.07, 6.45) is 1.10. The van der Waals surface area contributed by atoms with Gasteiger partial charge in [-0.15, -0.1) is 0 Å². The molecule has 0 atom stereocenters. The highest BCUT2D eigenvalue weighted by molar-refractivity contribution is 6.31. The van der Waals surface area contributed by atoms with E-state index in [9.17, 15) is 5.11 Å². The van der Waals surface area contributed by atoms with E-state index in [-0.39, 0.29) is 14.9 Å². The minimum atomic E-state index is -1.46. The zero-order valence-electron chi connectivity index (χ0n) is 71.2. The molecule has 19 aromatic carbocycles. The Morgan fingerprint density at radius 2 is 0.594 bits per heavy atom. The number of para-hydroxylation sites is 6. The summed E-state index contributed by atoms with van der Waals surface area (Å²) in [5.74, 6) is 2.68. The van der Waals surface area contributed by atoms with Gasteiger partial charge in [0.2, 0.25) is 0 Å². The van der Waals surface area contributed by atoms with Gasteiger partial charge in [-0.1, -0.05) is 432 Å². The summed E-state index contributed by atoms with van der Waals surface area (Å²) >= 11 is 13.3. The number of rotatable bonds is 12. The van der Waals surface area contributed by atoms with Crippen molar-refractivity contribution < 1.29 is 5.11 Å². The normalized spacial score (nSPS) is 12.6. The number of benzene rings is 19. The molecule has 2 aliphatic heterocycles. The first kappa shape index (κ1) is 83.8. The summed E-state index contributed by atoms with van der Waals surface area (Å²) in [4.78, 5) is 15.5. The zero-order chi connectivity index (χ0) is 87.6. The van der Waals surface area contributed by atoms with E-state index in [1.165, 1.54) is 83.0 Å². The average Bonchev–Trinajstić information content (AvgIpc) is 1.64. The number of halogens is 2. The lowest BCUT2D eigenvalue weighted by molar-refractivity contribution is 0.125. The van der Waals surface area contributed by atoms with Crippen LogP contribution in [-0.2, 0) is 22.9 Å². The Morgan fingerprint density at radius 1 is 0.263 bits per heavy atom. The Labute approximate surface area is 784 Å². The SMILES string of the molecule is C.C.Clc1ccc2c(c1)C(c1ccccc1)(c1ccccc1)c1cccc3nc(-c4ccccc4)n-2c13.OC(c1ccccc1)(c1ccccc1)c1cc(Cl)ccc1-n1c(-c2ccccc2)nc2ccccc21.c1ccc(-c2nc3cccc4c3n2-c2ccc(-n3c5ccccc5c5ccccc53)cc2C4(c2ccccc2)c2ccccc2)cc1.c1ccc2c(c1)Cc1ccccc1-2. The third-order valence-electron chi connectivity index (χ3n) is 26.4. The third-order valence-corrected chi connectivity index (χ3v) is 26.9. The number of fused-ring (bicyclic) bond motifs is 11. The zero-order valence-corrected chi connectivity index (χ0v) is 72.7. The highest BCUT2D eigenvalue weighted by atomic mass is 35.5. The lowest BCUT2D eigenvalue weighted by Gasteiger charge is -2.41. The highest BCUT2D eigenvalue weighted by Crippen LogP contribution is 2.57. The molecule has 23 aromatic rings. The molecule has 0 fully saturated rings. The van der Waals surface area contributed by atoms with E-state index in [0.717, 1.165) is 118 Å². The van der Waals surface area contributed by atoms with Crippen molar-refractivity contribution in [1.29, 1.82) is 0 Å². The van der Waals surface area contributed by atoms with Crippen LogP contribution in [0.5, 0.6) is 0 Å². The fraction of sp³-hybridized carbons (Fsp3) is 0.0488. The van der Waals surface area contributed by atoms with Crippen LogP contribution >= 0.6 is 23.2 Å². The van der Waals surface area contributed by atoms with Gasteiger partial charge in [0, 0.05) is 48.8 Å². The van der Waals surface area contributed by atoms with Crippen LogP contribution in [-0.4, -0.2) is 38.3 Å². The second kappa shape index (κ2) is 35.1. The smallest absolute Gasteiger partial charge is 0.145 e. The molecule has 0 amide bonds. The van der Waals surface area contributed by atoms with Gasteiger partial charge in [-0.25, -0.2) is 15.0 Å². The molecule has 1 aliphatic carbocycles. The number of hydrogen-bond donors (Lipinski definition) is 1. The molecule has 0 radical (unpaired) electrons. The van der Waals surface area contributed by atoms with E-state index < -0.39 is 16.4 Å². The summed E-state index contributed by atoms with van der Waals surface area (Å²) in [5, 5.41) is 16.4. The largest absolute Gasteiger partial charge is 0.376 e. The Morgan fingerprint density at radius 3 is 1.04 bits per heavy atom. The molecular formula is C123H91Cl2N7O. The topological polar surface area (TPSA) is 78.6 Å². The molecule has 4 aromatic heterocycles. The van der Waals surface area contributed by atoms with Crippen molar-refractivity contribution in [3.63, 3.8) is 0 Å². The predicted octanol–water partition coefficient (Wildman–Crippen LogP) is 30.7. The van der Waals surface area contributed by atoms with Crippen molar-refractivity contribution >= 4 is 78.1 Å². The van der Waals surface area contributed by atoms with E-state index in [4.69, 9.17) is 38.2 Å². The van der Waals surface area contributed by atoms with Crippen LogP contribution < -0.4 is 0 Å². The summed E-state index contributed by atoms with van der Waals surface area (Å²) in [7, 11) is 0. The standard InChI is InChI=1S/C44H29N3.C32H23ClN2O.C32H21ClN2.C13H10.2CH4/c1-4-15-30(16-5-1)43-45-38-24-14-23-36-42(38)47(43)41-28-27-33(46-39-25-12-10-21-34(39)35-22-11-13-26-40(35)46)29-37(41)44(36,31-17-6-2-7-18-31)32-19-8-3-9-20-32;33-26-20-21-29(35-30-19-11-10-18-28(30)34-31(35)23-12-4-1-5-13-23)27(22-26)32(36,24-14-6-2-7-15-24)25-16-8-3-9-17-25;33-25-19-20-29-27(21-25)32(23-13-6-2-7-14-23,24-15-8-3-9-16-24)26-17-10-18-28-30(26)35(29)31(34-28)22-11-4-1-5-12-22;1-3-7-12-10(5-1)9-11-6-2-4-8-13(11)12;;/h1-29H;1-22,36H;1-21H;1-8H,9H2;2*1H4. The van der Waals surface area contributed by atoms with Gasteiger partial charge in [0.05, 0.1) is 72.0 Å². The molecule has 0 unspecified atom stereocenters. The van der Waals surface area contributed by atoms with E-state index in [2.05, 4.69) is 364 Å². The summed E-state index contributed by atoms with van der Waals surface area (Å²) in [5.41, 5.74) is 30.9. The van der Waals surface area contributed by atoms with E-state index in [1.807, 2.05) is 140 Å². The Hall–Kier alpha value is -16.1. The third kappa shape index (κ3) is 14.0. The van der Waals surface area contributed by atoms with Gasteiger partial charge in [-0.2, -0.15) is 0 Å². The molecular weight excluding hydrogens is 1660 g/mol. The molecule has 1 N–H and O–H groups in total. The first-order chi connectivity index (χ1) is 64.7. The van der Waals surface area contributed by atoms with Crippen molar-refractivity contribution in [3.8, 4) is 68.0 Å². The minimum Gasteiger partial charge on any atom is -0.376 e. The van der Waals surface area contributed by atoms with Gasteiger partial charge in [0.25, 0.3) is 0 Å². The minimum absolute atomic E-state index is 0. The number of hydrogen-bond acceptors (Lipinski definition) is 4. The molecule has 6 heterocycles. The molecule has 8 nitrogen and oxygen atoms in total. The second-order valence-electron chi connectivity index (χ2n) is 33.5. The molecule has 0 spiro atoms. The molecule has 0 saturated carbocycles. The fourth-order valence-electron chi connectivity index (χ4n) is 20.8. The maximum atomic E-state index is 12.7. The van der Waals surface area contributed by atoms with E-state index >= 15 is 0 Å². The maximum absolute atomic E-state index is 12.7. The predicted molar refractivity (Wildman–Crippen MR) is 551 cm³/mol. The number of nitrogens with zero attached hydrogens (tertiary/aromatic N) is 7. The number of imidazole rings is 3. The van der Waals surface area contributed by atoms with Gasteiger partial charge >= 0.3 is 0 Å². The monoisotopic (exact) mass is 1750 g/mol. The molecule has 0 bridgehead atoms. The molecule has 26 rings (SSSR count). The number of aliphatic hydroxyl groups is 1. The summed E-state index contributed by atoms with van der Waals surface area (Å²) in [6.45, 7) is 0. The van der Waals surface area contributed by atoms with Crippen molar-refractivity contribution in [2.24, 2.45) is 0 Å². The van der Waals surface area contributed by atoms with Crippen molar-refractivity contribution in [2.45, 2.75) is 37.7 Å². The van der Waals surface area contributed by atoms with Gasteiger partial charge in [-0.05, 0) is 175 Å².